The highest BCUT2D eigenvalue weighted by molar-refractivity contribution is 5.95. The van der Waals surface area contributed by atoms with Crippen LogP contribution in [-0.4, -0.2) is 35.4 Å². The number of H-pyrrole nitrogens is 1. The van der Waals surface area contributed by atoms with Gasteiger partial charge in [-0.25, -0.2) is 0 Å². The number of hydrogen-bond acceptors (Lipinski definition) is 4. The predicted molar refractivity (Wildman–Crippen MR) is 68.2 cm³/mol. The Kier molecular flexibility index (Phi) is 3.41. The Bertz CT molecular complexity index is 443. The third kappa shape index (κ3) is 2.26. The number of carbonyl (C=O) groups excluding carboxylic acids is 1. The van der Waals surface area contributed by atoms with E-state index >= 15 is 0 Å². The van der Waals surface area contributed by atoms with E-state index in [2.05, 4.69) is 29.4 Å². The zero-order chi connectivity index (χ0) is 13.3. The van der Waals surface area contributed by atoms with E-state index in [0.29, 0.717) is 24.9 Å². The van der Waals surface area contributed by atoms with Crippen molar-refractivity contribution in [2.24, 2.45) is 11.1 Å². The van der Waals surface area contributed by atoms with E-state index in [4.69, 9.17) is 10.5 Å². The monoisotopic (exact) mass is 252 g/mol. The first-order chi connectivity index (χ1) is 8.43. The second-order valence-corrected chi connectivity index (χ2v) is 5.36. The molecule has 100 valence electrons. The van der Waals surface area contributed by atoms with Crippen molar-refractivity contribution < 1.29 is 9.53 Å². The van der Waals surface area contributed by atoms with Crippen LogP contribution in [0.5, 0.6) is 0 Å². The maximum Gasteiger partial charge on any atom is 0.235 e. The number of nitrogens with zero attached hydrogens (tertiary/aromatic N) is 1. The zero-order valence-electron chi connectivity index (χ0n) is 11.0. The summed E-state index contributed by atoms with van der Waals surface area (Å²) in [6, 6.07) is 1.56. The molecule has 0 spiro atoms. The maximum absolute atomic E-state index is 12.2. The predicted octanol–water partition coefficient (Wildman–Crippen LogP) is 0.835. The van der Waals surface area contributed by atoms with Gasteiger partial charge >= 0.3 is 0 Å². The molecule has 1 aliphatic rings. The van der Waals surface area contributed by atoms with Crippen LogP contribution in [0.2, 0.25) is 0 Å². The van der Waals surface area contributed by atoms with Crippen molar-refractivity contribution in [2.45, 2.75) is 32.7 Å². The molecule has 4 N–H and O–H groups in total. The van der Waals surface area contributed by atoms with Gasteiger partial charge in [0, 0.05) is 17.8 Å². The molecular weight excluding hydrogens is 232 g/mol. The summed E-state index contributed by atoms with van der Waals surface area (Å²) in [5.41, 5.74) is 6.21. The molecule has 1 aromatic heterocycles. The largest absolute Gasteiger partial charge is 0.379 e. The van der Waals surface area contributed by atoms with E-state index < -0.39 is 5.41 Å². The summed E-state index contributed by atoms with van der Waals surface area (Å²) < 4.78 is 5.26. The van der Waals surface area contributed by atoms with E-state index in [-0.39, 0.29) is 11.9 Å². The maximum atomic E-state index is 12.2. The molecule has 1 fully saturated rings. The Morgan fingerprint density at radius 3 is 2.94 bits per heavy atom. The molecule has 0 aliphatic carbocycles. The number of rotatable bonds is 3. The lowest BCUT2D eigenvalue weighted by Crippen LogP contribution is -2.47. The highest BCUT2D eigenvalue weighted by Gasteiger charge is 2.44. The Hall–Kier alpha value is -1.40. The Morgan fingerprint density at radius 2 is 2.44 bits per heavy atom. The first-order valence-corrected chi connectivity index (χ1v) is 6.13. The molecule has 6 nitrogen and oxygen atoms in total. The number of carbonyl (C=O) groups is 1. The zero-order valence-corrected chi connectivity index (χ0v) is 11.0. The second-order valence-electron chi connectivity index (χ2n) is 5.36. The van der Waals surface area contributed by atoms with Crippen molar-refractivity contribution in [1.29, 1.82) is 0 Å². The van der Waals surface area contributed by atoms with Crippen LogP contribution in [0, 0.1) is 5.41 Å². The van der Waals surface area contributed by atoms with Crippen LogP contribution in [-0.2, 0) is 9.53 Å². The van der Waals surface area contributed by atoms with Gasteiger partial charge in [-0.15, -0.1) is 0 Å². The van der Waals surface area contributed by atoms with E-state index in [1.54, 1.807) is 0 Å². The number of aromatic amines is 1. The minimum absolute atomic E-state index is 0.144. The fourth-order valence-corrected chi connectivity index (χ4v) is 1.88. The van der Waals surface area contributed by atoms with Gasteiger partial charge in [-0.2, -0.15) is 5.10 Å². The smallest absolute Gasteiger partial charge is 0.235 e. The summed E-state index contributed by atoms with van der Waals surface area (Å²) in [6.07, 6.45) is 0. The second kappa shape index (κ2) is 4.70. The third-order valence-corrected chi connectivity index (χ3v) is 3.50. The van der Waals surface area contributed by atoms with Crippen molar-refractivity contribution in [3.05, 3.63) is 11.8 Å². The SMILES string of the molecule is CC(C)c1cc(NC(=O)C2(C)COCC2N)n[nH]1. The molecule has 1 aliphatic heterocycles. The number of nitrogens with one attached hydrogen (secondary N) is 2. The van der Waals surface area contributed by atoms with Gasteiger partial charge in [-0.3, -0.25) is 9.89 Å². The standard InChI is InChI=1S/C12H20N4O2/c1-7(2)8-4-10(16-15-8)14-11(17)12(3)6-18-5-9(12)13/h4,7,9H,5-6,13H2,1-3H3,(H2,14,15,16,17). The number of hydrogen-bond donors (Lipinski definition) is 3. The summed E-state index contributed by atoms with van der Waals surface area (Å²) in [5.74, 6) is 0.731. The van der Waals surface area contributed by atoms with Crippen molar-refractivity contribution in [1.82, 2.24) is 10.2 Å². The molecule has 0 aromatic carbocycles. The molecule has 2 rings (SSSR count). The first-order valence-electron chi connectivity index (χ1n) is 6.13. The van der Waals surface area contributed by atoms with Crippen LogP contribution in [0.4, 0.5) is 5.82 Å². The topological polar surface area (TPSA) is 93.0 Å². The van der Waals surface area contributed by atoms with Gasteiger partial charge in [-0.1, -0.05) is 13.8 Å². The minimum atomic E-state index is -0.684. The van der Waals surface area contributed by atoms with E-state index in [1.165, 1.54) is 0 Å². The fourth-order valence-electron chi connectivity index (χ4n) is 1.88. The summed E-state index contributed by atoms with van der Waals surface area (Å²) in [5, 5.41) is 9.75. The molecule has 18 heavy (non-hydrogen) atoms. The van der Waals surface area contributed by atoms with Crippen molar-refractivity contribution in [3.8, 4) is 0 Å². The summed E-state index contributed by atoms with van der Waals surface area (Å²) in [6.45, 7) is 6.70. The van der Waals surface area contributed by atoms with Gasteiger partial charge < -0.3 is 15.8 Å². The van der Waals surface area contributed by atoms with Gasteiger partial charge in [0.25, 0.3) is 0 Å². The average molecular weight is 252 g/mol. The molecule has 2 heterocycles. The van der Waals surface area contributed by atoms with E-state index in [1.807, 2.05) is 13.0 Å². The number of aromatic nitrogens is 2. The Labute approximate surface area is 106 Å². The van der Waals surface area contributed by atoms with Crippen molar-refractivity contribution in [3.63, 3.8) is 0 Å². The Morgan fingerprint density at radius 1 is 1.72 bits per heavy atom. The molecular formula is C12H20N4O2. The first kappa shape index (κ1) is 13.0. The lowest BCUT2D eigenvalue weighted by molar-refractivity contribution is -0.125. The Balaban J connectivity index is 2.06. The average Bonchev–Trinajstić information content (AvgIpc) is 2.88. The number of nitrogens with two attached hydrogens (primary N) is 1. The molecule has 0 bridgehead atoms. The normalized spacial score (nSPS) is 27.7. The molecule has 0 radical (unpaired) electrons. The van der Waals surface area contributed by atoms with Gasteiger partial charge in [0.05, 0.1) is 18.6 Å². The lowest BCUT2D eigenvalue weighted by Gasteiger charge is -2.24. The lowest BCUT2D eigenvalue weighted by atomic mass is 9.85. The minimum Gasteiger partial charge on any atom is -0.379 e. The van der Waals surface area contributed by atoms with Gasteiger partial charge in [0.2, 0.25) is 5.91 Å². The van der Waals surface area contributed by atoms with Gasteiger partial charge in [0.15, 0.2) is 5.82 Å². The molecule has 1 aromatic rings. The highest BCUT2D eigenvalue weighted by Crippen LogP contribution is 2.28. The molecule has 1 saturated heterocycles. The van der Waals surface area contributed by atoms with Crippen LogP contribution in [0.1, 0.15) is 32.4 Å². The number of ether oxygens (including phenoxy) is 1. The summed E-state index contributed by atoms with van der Waals surface area (Å²) in [4.78, 5) is 12.2. The van der Waals surface area contributed by atoms with Crippen LogP contribution in [0.3, 0.4) is 0 Å². The van der Waals surface area contributed by atoms with E-state index in [0.717, 1.165) is 5.69 Å². The summed E-state index contributed by atoms with van der Waals surface area (Å²) >= 11 is 0. The van der Waals surface area contributed by atoms with Crippen LogP contribution in [0.15, 0.2) is 6.07 Å². The number of anilines is 1. The van der Waals surface area contributed by atoms with Gasteiger partial charge in [0.1, 0.15) is 0 Å². The van der Waals surface area contributed by atoms with Crippen LogP contribution in [0.25, 0.3) is 0 Å². The molecule has 6 heteroatoms. The van der Waals surface area contributed by atoms with Crippen molar-refractivity contribution >= 4 is 11.7 Å². The van der Waals surface area contributed by atoms with Crippen LogP contribution >= 0.6 is 0 Å². The molecule has 2 atom stereocenters. The van der Waals surface area contributed by atoms with E-state index in [9.17, 15) is 4.79 Å². The molecule has 0 saturated carbocycles. The van der Waals surface area contributed by atoms with Crippen molar-refractivity contribution in [2.75, 3.05) is 18.5 Å². The highest BCUT2D eigenvalue weighted by atomic mass is 16.5. The summed E-state index contributed by atoms with van der Waals surface area (Å²) in [7, 11) is 0. The third-order valence-electron chi connectivity index (χ3n) is 3.50. The number of amides is 1. The quantitative estimate of drug-likeness (QED) is 0.743. The molecule has 1 amide bonds. The molecule has 2 unspecified atom stereocenters. The van der Waals surface area contributed by atoms with Gasteiger partial charge in [-0.05, 0) is 12.8 Å². The fraction of sp³-hybridized carbons (Fsp3) is 0.667. The van der Waals surface area contributed by atoms with Crippen LogP contribution < -0.4 is 11.1 Å².